The molecule has 8 nitrogen and oxygen atoms in total. The number of nitrogens with zero attached hydrogens (tertiary/aromatic N) is 3. The molecule has 36 heavy (non-hydrogen) atoms. The summed E-state index contributed by atoms with van der Waals surface area (Å²) in [6.07, 6.45) is 6.50. The normalized spacial score (nSPS) is 20.3. The zero-order chi connectivity index (χ0) is 25.0. The third-order valence-corrected chi connectivity index (χ3v) is 9.07. The molecule has 9 heteroatoms. The summed E-state index contributed by atoms with van der Waals surface area (Å²) in [5.74, 6) is -0.0367. The zero-order valence-corrected chi connectivity index (χ0v) is 21.7. The number of amides is 1. The monoisotopic (exact) mass is 511 g/mol. The minimum absolute atomic E-state index is 0.0367. The van der Waals surface area contributed by atoms with Crippen LogP contribution in [0.2, 0.25) is 0 Å². The van der Waals surface area contributed by atoms with Crippen LogP contribution in [0, 0.1) is 0 Å². The van der Waals surface area contributed by atoms with E-state index < -0.39 is 10.0 Å². The van der Waals surface area contributed by atoms with Crippen molar-refractivity contribution in [3.05, 3.63) is 54.1 Å². The molecule has 3 fully saturated rings. The van der Waals surface area contributed by atoms with E-state index in [-0.39, 0.29) is 10.8 Å². The van der Waals surface area contributed by atoms with Gasteiger partial charge in [-0.3, -0.25) is 14.4 Å². The fourth-order valence-corrected chi connectivity index (χ4v) is 6.74. The van der Waals surface area contributed by atoms with Crippen molar-refractivity contribution in [1.82, 2.24) is 15.1 Å². The van der Waals surface area contributed by atoms with Gasteiger partial charge in [-0.1, -0.05) is 37.5 Å². The Morgan fingerprint density at radius 2 is 1.56 bits per heavy atom. The zero-order valence-electron chi connectivity index (χ0n) is 20.9. The maximum Gasteiger partial charge on any atom is 0.261 e. The number of rotatable bonds is 6. The van der Waals surface area contributed by atoms with Gasteiger partial charge in [0.15, 0.2) is 0 Å². The van der Waals surface area contributed by atoms with Crippen molar-refractivity contribution in [2.45, 2.75) is 43.0 Å². The van der Waals surface area contributed by atoms with Gasteiger partial charge >= 0.3 is 0 Å². The lowest BCUT2D eigenvalue weighted by atomic mass is 9.94. The molecule has 2 saturated heterocycles. The van der Waals surface area contributed by atoms with Crippen molar-refractivity contribution in [3.63, 3.8) is 0 Å². The van der Waals surface area contributed by atoms with Gasteiger partial charge in [-0.2, -0.15) is 0 Å². The molecule has 1 amide bonds. The number of nitrogens with one attached hydrogen (secondary N) is 2. The molecule has 0 atom stereocenters. The van der Waals surface area contributed by atoms with E-state index in [9.17, 15) is 13.2 Å². The summed E-state index contributed by atoms with van der Waals surface area (Å²) in [6, 6.07) is 14.5. The maximum absolute atomic E-state index is 13.5. The summed E-state index contributed by atoms with van der Waals surface area (Å²) in [4.78, 5) is 20.3. The number of anilines is 2. The Bertz CT molecular complexity index is 1140. The SMILES string of the molecule is O=C(c1ccc(N2CCNCC2)c(NS(=O)(=O)c2ccccc2)c1)N1CCN(C2CCCCC2)CC1. The molecule has 2 aromatic rings. The van der Waals surface area contributed by atoms with E-state index in [0.717, 1.165) is 45.0 Å². The highest BCUT2D eigenvalue weighted by molar-refractivity contribution is 7.92. The number of hydrogen-bond donors (Lipinski definition) is 2. The summed E-state index contributed by atoms with van der Waals surface area (Å²) in [7, 11) is -3.79. The average molecular weight is 512 g/mol. The number of piperazine rings is 2. The molecule has 1 aliphatic carbocycles. The molecule has 0 unspecified atom stereocenters. The first-order valence-corrected chi connectivity index (χ1v) is 14.7. The maximum atomic E-state index is 13.5. The summed E-state index contributed by atoms with van der Waals surface area (Å²) in [6.45, 7) is 6.44. The van der Waals surface area contributed by atoms with Crippen LogP contribution in [0.3, 0.4) is 0 Å². The Morgan fingerprint density at radius 3 is 2.25 bits per heavy atom. The highest BCUT2D eigenvalue weighted by Gasteiger charge is 2.28. The Kier molecular flexibility index (Phi) is 7.79. The molecule has 2 aliphatic heterocycles. The highest BCUT2D eigenvalue weighted by Crippen LogP contribution is 2.31. The summed E-state index contributed by atoms with van der Waals surface area (Å²) < 4.78 is 29.1. The van der Waals surface area contributed by atoms with Crippen LogP contribution >= 0.6 is 0 Å². The number of carbonyl (C=O) groups excluding carboxylic acids is 1. The van der Waals surface area contributed by atoms with E-state index in [1.54, 1.807) is 36.4 Å². The Balaban J connectivity index is 1.35. The predicted octanol–water partition coefficient (Wildman–Crippen LogP) is 2.99. The molecule has 0 spiro atoms. The standard InChI is InChI=1S/C27H37N5O3S/c33-27(32-19-17-30(18-20-32)23-7-3-1-4-8-23)22-11-12-26(31-15-13-28-14-16-31)25(21-22)29-36(34,35)24-9-5-2-6-10-24/h2,5-6,9-12,21,23,28-29H,1,3-4,7-8,13-20H2. The van der Waals surface area contributed by atoms with E-state index in [2.05, 4.69) is 19.8 Å². The average Bonchev–Trinajstić information content (AvgIpc) is 2.94. The molecule has 194 valence electrons. The van der Waals surface area contributed by atoms with Crippen LogP contribution in [0.25, 0.3) is 0 Å². The molecule has 5 rings (SSSR count). The minimum atomic E-state index is -3.79. The highest BCUT2D eigenvalue weighted by atomic mass is 32.2. The van der Waals surface area contributed by atoms with Crippen LogP contribution < -0.4 is 14.9 Å². The lowest BCUT2D eigenvalue weighted by Crippen LogP contribution is -2.52. The van der Waals surface area contributed by atoms with Crippen molar-refractivity contribution in [2.24, 2.45) is 0 Å². The first kappa shape index (κ1) is 25.0. The fraction of sp³-hybridized carbons (Fsp3) is 0.519. The van der Waals surface area contributed by atoms with E-state index in [0.29, 0.717) is 30.4 Å². The van der Waals surface area contributed by atoms with E-state index in [1.807, 2.05) is 17.0 Å². The van der Waals surface area contributed by atoms with Gasteiger partial charge in [0.25, 0.3) is 15.9 Å². The molecular formula is C27H37N5O3S. The summed E-state index contributed by atoms with van der Waals surface area (Å²) >= 11 is 0. The lowest BCUT2D eigenvalue weighted by Gasteiger charge is -2.40. The van der Waals surface area contributed by atoms with Crippen LogP contribution in [-0.2, 0) is 10.0 Å². The third kappa shape index (κ3) is 5.68. The van der Waals surface area contributed by atoms with Crippen LogP contribution in [-0.4, -0.2) is 82.5 Å². The molecule has 1 saturated carbocycles. The topological polar surface area (TPSA) is 85.0 Å². The Morgan fingerprint density at radius 1 is 0.861 bits per heavy atom. The third-order valence-electron chi connectivity index (χ3n) is 7.69. The summed E-state index contributed by atoms with van der Waals surface area (Å²) in [5.41, 5.74) is 1.77. The molecule has 2 heterocycles. The number of sulfonamides is 1. The van der Waals surface area contributed by atoms with Gasteiger partial charge in [0.2, 0.25) is 0 Å². The van der Waals surface area contributed by atoms with Crippen molar-refractivity contribution >= 4 is 27.3 Å². The number of hydrogen-bond acceptors (Lipinski definition) is 6. The van der Waals surface area contributed by atoms with Crippen molar-refractivity contribution in [3.8, 4) is 0 Å². The molecule has 3 aliphatic rings. The Hall–Kier alpha value is -2.62. The van der Waals surface area contributed by atoms with E-state index in [1.165, 1.54) is 32.1 Å². The quantitative estimate of drug-likeness (QED) is 0.620. The van der Waals surface area contributed by atoms with Gasteiger partial charge in [-0.05, 0) is 43.2 Å². The smallest absolute Gasteiger partial charge is 0.261 e. The molecule has 0 radical (unpaired) electrons. The molecule has 2 aromatic carbocycles. The van der Waals surface area contributed by atoms with Gasteiger partial charge in [0.05, 0.1) is 16.3 Å². The van der Waals surface area contributed by atoms with Crippen LogP contribution in [0.4, 0.5) is 11.4 Å². The molecule has 0 aromatic heterocycles. The second kappa shape index (κ2) is 11.2. The predicted molar refractivity (Wildman–Crippen MR) is 143 cm³/mol. The second-order valence-electron chi connectivity index (χ2n) is 10.0. The van der Waals surface area contributed by atoms with Crippen LogP contribution in [0.1, 0.15) is 42.5 Å². The number of benzene rings is 2. The Labute approximate surface area is 214 Å². The lowest BCUT2D eigenvalue weighted by molar-refractivity contribution is 0.0523. The van der Waals surface area contributed by atoms with Crippen molar-refractivity contribution < 1.29 is 13.2 Å². The van der Waals surface area contributed by atoms with Gasteiger partial charge in [0.1, 0.15) is 0 Å². The minimum Gasteiger partial charge on any atom is -0.367 e. The summed E-state index contributed by atoms with van der Waals surface area (Å²) in [5, 5.41) is 3.33. The molecule has 2 N–H and O–H groups in total. The van der Waals surface area contributed by atoms with Crippen LogP contribution in [0.15, 0.2) is 53.4 Å². The first-order valence-electron chi connectivity index (χ1n) is 13.2. The van der Waals surface area contributed by atoms with Gasteiger partial charge in [0, 0.05) is 64.0 Å². The molecular weight excluding hydrogens is 474 g/mol. The first-order chi connectivity index (χ1) is 17.5. The van der Waals surface area contributed by atoms with Gasteiger partial charge < -0.3 is 15.1 Å². The largest absolute Gasteiger partial charge is 0.367 e. The second-order valence-corrected chi connectivity index (χ2v) is 11.7. The van der Waals surface area contributed by atoms with Gasteiger partial charge in [-0.25, -0.2) is 8.42 Å². The van der Waals surface area contributed by atoms with Crippen molar-refractivity contribution in [1.29, 1.82) is 0 Å². The van der Waals surface area contributed by atoms with E-state index in [4.69, 9.17) is 0 Å². The van der Waals surface area contributed by atoms with Gasteiger partial charge in [-0.15, -0.1) is 0 Å². The molecule has 0 bridgehead atoms. The fourth-order valence-electron chi connectivity index (χ4n) is 5.65. The number of carbonyl (C=O) groups is 1. The van der Waals surface area contributed by atoms with Crippen molar-refractivity contribution in [2.75, 3.05) is 62.0 Å². The van der Waals surface area contributed by atoms with E-state index >= 15 is 0 Å². The van der Waals surface area contributed by atoms with Crippen LogP contribution in [0.5, 0.6) is 0 Å².